The zero-order valence-electron chi connectivity index (χ0n) is 17.9. The number of anilines is 1. The zero-order valence-corrected chi connectivity index (χ0v) is 19.4. The average molecular weight is 516 g/mol. The number of carbonyl (C=O) groups excluding carboxylic acids is 1. The van der Waals surface area contributed by atoms with E-state index in [9.17, 15) is 13.6 Å². The molecule has 1 saturated carbocycles. The summed E-state index contributed by atoms with van der Waals surface area (Å²) in [5.74, 6) is -0.690. The van der Waals surface area contributed by atoms with Crippen molar-refractivity contribution >= 4 is 49.7 Å². The summed E-state index contributed by atoms with van der Waals surface area (Å²) in [7, 11) is 1.64. The van der Waals surface area contributed by atoms with E-state index in [0.717, 1.165) is 12.8 Å². The van der Waals surface area contributed by atoms with E-state index in [-0.39, 0.29) is 29.1 Å². The first kappa shape index (κ1) is 21.6. The van der Waals surface area contributed by atoms with E-state index in [1.54, 1.807) is 19.3 Å². The number of hydrogen-bond acceptors (Lipinski definition) is 6. The molecule has 0 radical (unpaired) electrons. The molecular formula is C22H20BrF2N7O. The Labute approximate surface area is 195 Å². The molecule has 3 aromatic heterocycles. The van der Waals surface area contributed by atoms with Crippen molar-refractivity contribution in [2.24, 2.45) is 5.92 Å². The van der Waals surface area contributed by atoms with E-state index in [4.69, 9.17) is 0 Å². The van der Waals surface area contributed by atoms with Gasteiger partial charge in [0.1, 0.15) is 15.9 Å². The van der Waals surface area contributed by atoms with Crippen molar-refractivity contribution < 1.29 is 13.6 Å². The molecular weight excluding hydrogens is 496 g/mol. The summed E-state index contributed by atoms with van der Waals surface area (Å²) in [6, 6.07) is 4.24. The maximum Gasteiger partial charge on any atom is 0.224 e. The predicted molar refractivity (Wildman–Crippen MR) is 123 cm³/mol. The lowest BCUT2D eigenvalue weighted by Gasteiger charge is -2.13. The number of amides is 1. The lowest BCUT2D eigenvalue weighted by Crippen LogP contribution is -2.27. The van der Waals surface area contributed by atoms with Crippen molar-refractivity contribution in [3.63, 3.8) is 0 Å². The Kier molecular flexibility index (Phi) is 5.43. The van der Waals surface area contributed by atoms with Crippen molar-refractivity contribution in [3.05, 3.63) is 46.3 Å². The van der Waals surface area contributed by atoms with Gasteiger partial charge in [-0.2, -0.15) is 10.1 Å². The van der Waals surface area contributed by atoms with Crippen molar-refractivity contribution in [2.45, 2.75) is 32.2 Å². The van der Waals surface area contributed by atoms with E-state index in [0.29, 0.717) is 39.1 Å². The van der Waals surface area contributed by atoms with Crippen LogP contribution in [-0.2, 0) is 4.79 Å². The summed E-state index contributed by atoms with van der Waals surface area (Å²) >= 11 is 3.41. The largest absolute Gasteiger partial charge is 0.359 e. The predicted octanol–water partition coefficient (Wildman–Crippen LogP) is 4.04. The molecule has 33 heavy (non-hydrogen) atoms. The Morgan fingerprint density at radius 2 is 2.00 bits per heavy atom. The first-order valence-electron chi connectivity index (χ1n) is 10.5. The van der Waals surface area contributed by atoms with Gasteiger partial charge in [-0.05, 0) is 54.2 Å². The third-order valence-corrected chi connectivity index (χ3v) is 6.58. The summed E-state index contributed by atoms with van der Waals surface area (Å²) in [5, 5.41) is 11.4. The van der Waals surface area contributed by atoms with Gasteiger partial charge in [0.25, 0.3) is 0 Å². The summed E-state index contributed by atoms with van der Waals surface area (Å²) in [5.41, 5.74) is 1.07. The standard InChI is InChI=1S/C22H20BrF2N7O/c1-10-16(24)7-12-6-14(8-17(25)18(12)28-10)32-20-15(19(23)31-32)9-27-22(30-20)29-13-4-3-11(5-13)21(33)26-2/h6-9,11,13H,3-5H2,1-2H3,(H,26,33)(H,27,29,30)/t11-,13-/m1/s1. The van der Waals surface area contributed by atoms with E-state index in [2.05, 4.69) is 46.6 Å². The quantitative estimate of drug-likeness (QED) is 0.425. The molecule has 11 heteroatoms. The topological polar surface area (TPSA) is 97.6 Å². The van der Waals surface area contributed by atoms with Crippen LogP contribution in [0.25, 0.3) is 27.6 Å². The van der Waals surface area contributed by atoms with E-state index < -0.39 is 11.6 Å². The summed E-state index contributed by atoms with van der Waals surface area (Å²) in [4.78, 5) is 24.9. The van der Waals surface area contributed by atoms with Crippen LogP contribution in [0.5, 0.6) is 0 Å². The third-order valence-electron chi connectivity index (χ3n) is 5.99. The monoisotopic (exact) mass is 515 g/mol. The molecule has 0 aliphatic heterocycles. The van der Waals surface area contributed by atoms with E-state index >= 15 is 0 Å². The minimum absolute atomic E-state index is 0.0332. The second kappa shape index (κ2) is 8.29. The number of nitrogens with zero attached hydrogens (tertiary/aromatic N) is 5. The van der Waals surface area contributed by atoms with Crippen molar-refractivity contribution in [1.82, 2.24) is 30.0 Å². The lowest BCUT2D eigenvalue weighted by molar-refractivity contribution is -0.124. The normalized spacial score (nSPS) is 18.2. The average Bonchev–Trinajstić information content (AvgIpc) is 3.39. The fourth-order valence-electron chi connectivity index (χ4n) is 4.27. The summed E-state index contributed by atoms with van der Waals surface area (Å²) < 4.78 is 30.8. The maximum absolute atomic E-state index is 14.8. The molecule has 0 spiro atoms. The van der Waals surface area contributed by atoms with Gasteiger partial charge < -0.3 is 10.6 Å². The molecule has 1 aliphatic carbocycles. The van der Waals surface area contributed by atoms with Crippen LogP contribution in [0, 0.1) is 24.5 Å². The molecule has 0 unspecified atom stereocenters. The van der Waals surface area contributed by atoms with Gasteiger partial charge in [-0.15, -0.1) is 0 Å². The second-order valence-electron chi connectivity index (χ2n) is 8.15. The van der Waals surface area contributed by atoms with Crippen LogP contribution in [0.4, 0.5) is 14.7 Å². The Balaban J connectivity index is 1.52. The number of aryl methyl sites for hydroxylation is 1. The van der Waals surface area contributed by atoms with Crippen LogP contribution in [0.2, 0.25) is 0 Å². The molecule has 2 atom stereocenters. The third kappa shape index (κ3) is 3.90. The SMILES string of the molecule is CNC(=O)[C@@H]1CC[C@@H](Nc2ncc3c(Br)nn(-c4cc(F)c5nc(C)c(F)cc5c4)c3n2)C1. The van der Waals surface area contributed by atoms with Crippen LogP contribution in [-0.4, -0.2) is 43.7 Å². The molecule has 5 rings (SSSR count). The van der Waals surface area contributed by atoms with Gasteiger partial charge in [0.2, 0.25) is 11.9 Å². The number of carbonyl (C=O) groups is 1. The highest BCUT2D eigenvalue weighted by atomic mass is 79.9. The van der Waals surface area contributed by atoms with Crippen LogP contribution >= 0.6 is 15.9 Å². The minimum Gasteiger partial charge on any atom is -0.359 e. The highest BCUT2D eigenvalue weighted by Crippen LogP contribution is 2.30. The van der Waals surface area contributed by atoms with Crippen LogP contribution in [0.1, 0.15) is 25.0 Å². The first-order chi connectivity index (χ1) is 15.8. The fraction of sp³-hybridized carbons (Fsp3) is 0.318. The van der Waals surface area contributed by atoms with Crippen LogP contribution < -0.4 is 10.6 Å². The number of halogens is 3. The number of benzene rings is 1. The summed E-state index contributed by atoms with van der Waals surface area (Å²) in [6.45, 7) is 1.49. The molecule has 1 aliphatic rings. The molecule has 0 saturated heterocycles. The number of pyridine rings is 1. The van der Waals surface area contributed by atoms with Gasteiger partial charge in [-0.1, -0.05) is 0 Å². The number of fused-ring (bicyclic) bond motifs is 2. The number of hydrogen-bond donors (Lipinski definition) is 2. The maximum atomic E-state index is 14.8. The molecule has 2 N–H and O–H groups in total. The van der Waals surface area contributed by atoms with Gasteiger partial charge in [-0.3, -0.25) is 4.79 Å². The first-order valence-corrected chi connectivity index (χ1v) is 11.3. The Morgan fingerprint density at radius 3 is 2.79 bits per heavy atom. The smallest absolute Gasteiger partial charge is 0.224 e. The Hall–Kier alpha value is -3.21. The van der Waals surface area contributed by atoms with Crippen molar-refractivity contribution in [3.8, 4) is 5.69 Å². The zero-order chi connectivity index (χ0) is 23.3. The van der Waals surface area contributed by atoms with E-state index in [1.807, 2.05) is 0 Å². The van der Waals surface area contributed by atoms with Crippen molar-refractivity contribution in [2.75, 3.05) is 12.4 Å². The lowest BCUT2D eigenvalue weighted by atomic mass is 10.1. The molecule has 0 bridgehead atoms. The number of rotatable bonds is 4. The number of nitrogens with one attached hydrogen (secondary N) is 2. The molecule has 3 heterocycles. The van der Waals surface area contributed by atoms with Gasteiger partial charge in [0.05, 0.1) is 16.8 Å². The highest BCUT2D eigenvalue weighted by molar-refractivity contribution is 9.10. The van der Waals surface area contributed by atoms with Gasteiger partial charge in [0, 0.05) is 36.7 Å². The van der Waals surface area contributed by atoms with E-state index in [1.165, 1.54) is 23.7 Å². The van der Waals surface area contributed by atoms with Crippen LogP contribution in [0.15, 0.2) is 29.0 Å². The van der Waals surface area contributed by atoms with Crippen LogP contribution in [0.3, 0.4) is 0 Å². The van der Waals surface area contributed by atoms with Gasteiger partial charge >= 0.3 is 0 Å². The highest BCUT2D eigenvalue weighted by Gasteiger charge is 2.30. The molecule has 4 aromatic rings. The molecule has 1 aromatic carbocycles. The molecule has 8 nitrogen and oxygen atoms in total. The Bertz CT molecular complexity index is 1410. The number of aromatic nitrogens is 5. The molecule has 1 fully saturated rings. The molecule has 1 amide bonds. The molecule has 170 valence electrons. The second-order valence-corrected chi connectivity index (χ2v) is 8.91. The Morgan fingerprint density at radius 1 is 1.18 bits per heavy atom. The fourth-order valence-corrected chi connectivity index (χ4v) is 4.71. The minimum atomic E-state index is -0.580. The van der Waals surface area contributed by atoms with Crippen molar-refractivity contribution in [1.29, 1.82) is 0 Å². The van der Waals surface area contributed by atoms with Gasteiger partial charge in [0.15, 0.2) is 11.5 Å². The van der Waals surface area contributed by atoms with Gasteiger partial charge in [-0.25, -0.2) is 23.4 Å². The summed E-state index contributed by atoms with van der Waals surface area (Å²) in [6.07, 6.45) is 3.95.